The van der Waals surface area contributed by atoms with Gasteiger partial charge in [-0.2, -0.15) is 0 Å². The van der Waals surface area contributed by atoms with E-state index in [9.17, 15) is 0 Å². The molecule has 0 unspecified atom stereocenters. The van der Waals surface area contributed by atoms with Gasteiger partial charge in [-0.15, -0.1) is 0 Å². The molecule has 0 spiro atoms. The van der Waals surface area contributed by atoms with Gasteiger partial charge in [0.2, 0.25) is 0 Å². The van der Waals surface area contributed by atoms with Gasteiger partial charge in [0.25, 0.3) is 0 Å². The smallest absolute Gasteiger partial charge is 0.0972 e. The topological polar surface area (TPSA) is 38.7 Å². The summed E-state index contributed by atoms with van der Waals surface area (Å²) in [6, 6.07) is 60.3. The van der Waals surface area contributed by atoms with Crippen molar-refractivity contribution in [1.82, 2.24) is 15.0 Å². The number of pyridine rings is 3. The maximum absolute atomic E-state index is 5.25. The molecule has 7 aromatic carbocycles. The van der Waals surface area contributed by atoms with Crippen molar-refractivity contribution in [3.05, 3.63) is 176 Å². The maximum Gasteiger partial charge on any atom is 0.0972 e. The van der Waals surface area contributed by atoms with Crippen LogP contribution in [-0.4, -0.2) is 15.0 Å². The molecule has 0 aliphatic rings. The number of hydrogen-bond donors (Lipinski definition) is 0. The molecule has 10 aromatic rings. The third kappa shape index (κ3) is 4.71. The van der Waals surface area contributed by atoms with Gasteiger partial charge >= 0.3 is 0 Å². The van der Waals surface area contributed by atoms with Gasteiger partial charge < -0.3 is 0 Å². The molecule has 0 saturated heterocycles. The second-order valence-electron chi connectivity index (χ2n) is 12.8. The molecule has 0 amide bonds. The van der Waals surface area contributed by atoms with Crippen molar-refractivity contribution in [3.63, 3.8) is 0 Å². The van der Waals surface area contributed by atoms with Crippen LogP contribution < -0.4 is 0 Å². The summed E-state index contributed by atoms with van der Waals surface area (Å²) in [5, 5.41) is 9.82. The highest BCUT2D eigenvalue weighted by Gasteiger charge is 2.12. The maximum atomic E-state index is 5.25. The summed E-state index contributed by atoms with van der Waals surface area (Å²) in [6.45, 7) is 0. The van der Waals surface area contributed by atoms with Crippen LogP contribution in [-0.2, 0) is 0 Å². The van der Waals surface area contributed by atoms with E-state index >= 15 is 0 Å². The Kier molecular flexibility index (Phi) is 6.49. The first-order valence-electron chi connectivity index (χ1n) is 16.9. The lowest BCUT2D eigenvalue weighted by molar-refractivity contribution is 1.32. The molecule has 3 aromatic heterocycles. The fourth-order valence-electron chi connectivity index (χ4n) is 7.38. The Hall–Kier alpha value is -6.71. The monoisotopic (exact) mass is 635 g/mol. The molecule has 0 fully saturated rings. The van der Waals surface area contributed by atoms with Gasteiger partial charge in [-0.1, -0.05) is 133 Å². The van der Waals surface area contributed by atoms with Crippen LogP contribution in [0.25, 0.3) is 99.0 Å². The first-order chi connectivity index (χ1) is 24.8. The van der Waals surface area contributed by atoms with Crippen LogP contribution in [0, 0.1) is 0 Å². The Bertz CT molecular complexity index is 2880. The van der Waals surface area contributed by atoms with Crippen molar-refractivity contribution in [2.75, 3.05) is 0 Å². The van der Waals surface area contributed by atoms with Crippen LogP contribution in [0.4, 0.5) is 0 Å². The molecule has 3 heteroatoms. The Morgan fingerprint density at radius 2 is 0.760 bits per heavy atom. The molecule has 0 aliphatic carbocycles. The van der Waals surface area contributed by atoms with E-state index in [2.05, 4.69) is 157 Å². The Morgan fingerprint density at radius 3 is 1.38 bits per heavy atom. The van der Waals surface area contributed by atoms with E-state index in [0.717, 1.165) is 61.1 Å². The van der Waals surface area contributed by atoms with Gasteiger partial charge in [-0.25, -0.2) is 9.97 Å². The van der Waals surface area contributed by atoms with E-state index in [4.69, 9.17) is 9.97 Å². The Morgan fingerprint density at radius 1 is 0.280 bits per heavy atom. The van der Waals surface area contributed by atoms with Crippen molar-refractivity contribution in [3.8, 4) is 44.9 Å². The van der Waals surface area contributed by atoms with Crippen molar-refractivity contribution in [1.29, 1.82) is 0 Å². The van der Waals surface area contributed by atoms with E-state index < -0.39 is 0 Å². The quantitative estimate of drug-likeness (QED) is 0.181. The molecule has 0 aliphatic heterocycles. The highest BCUT2D eigenvalue weighted by molar-refractivity contribution is 6.25. The predicted octanol–water partition coefficient (Wildman–Crippen LogP) is 12.3. The molecule has 50 heavy (non-hydrogen) atoms. The third-order valence-electron chi connectivity index (χ3n) is 9.90. The SMILES string of the molecule is c1ccc(-c2ccc(-c3ccc4ccc5ccc(-c6cccc(-c7ccc8c9ccccc9c9ccccc9c8c7)c6)nc5c4n3)cc2)nc1. The minimum absolute atomic E-state index is 0.903. The summed E-state index contributed by atoms with van der Waals surface area (Å²) < 4.78 is 0. The Labute approximate surface area is 289 Å². The highest BCUT2D eigenvalue weighted by Crippen LogP contribution is 2.38. The van der Waals surface area contributed by atoms with E-state index in [1.54, 1.807) is 0 Å². The molecule has 0 atom stereocenters. The fourth-order valence-corrected chi connectivity index (χ4v) is 7.38. The first-order valence-corrected chi connectivity index (χ1v) is 16.9. The number of nitrogens with zero attached hydrogens (tertiary/aromatic N) is 3. The first kappa shape index (κ1) is 28.3. The fraction of sp³-hybridized carbons (Fsp3) is 0. The van der Waals surface area contributed by atoms with E-state index in [-0.39, 0.29) is 0 Å². The van der Waals surface area contributed by atoms with Gasteiger partial charge in [0.15, 0.2) is 0 Å². The highest BCUT2D eigenvalue weighted by atomic mass is 14.8. The summed E-state index contributed by atoms with van der Waals surface area (Å²) in [5.41, 5.74) is 10.2. The van der Waals surface area contributed by atoms with Gasteiger partial charge in [0.05, 0.1) is 28.1 Å². The second-order valence-corrected chi connectivity index (χ2v) is 12.8. The lowest BCUT2D eigenvalue weighted by atomic mass is 9.91. The van der Waals surface area contributed by atoms with Gasteiger partial charge in [-0.3, -0.25) is 4.98 Å². The van der Waals surface area contributed by atoms with E-state index in [1.165, 1.54) is 37.9 Å². The molecule has 3 nitrogen and oxygen atoms in total. The zero-order valence-electron chi connectivity index (χ0n) is 27.1. The zero-order chi connectivity index (χ0) is 33.0. The summed E-state index contributed by atoms with van der Waals surface area (Å²) in [7, 11) is 0. The normalized spacial score (nSPS) is 11.6. The largest absolute Gasteiger partial charge is 0.256 e. The predicted molar refractivity (Wildman–Crippen MR) is 209 cm³/mol. The summed E-state index contributed by atoms with van der Waals surface area (Å²) >= 11 is 0. The zero-order valence-corrected chi connectivity index (χ0v) is 27.1. The molecule has 3 heterocycles. The van der Waals surface area contributed by atoms with E-state index in [0.29, 0.717) is 0 Å². The molecule has 232 valence electrons. The van der Waals surface area contributed by atoms with Gasteiger partial charge in [-0.05, 0) is 79.8 Å². The average molecular weight is 636 g/mol. The molecule has 0 radical (unpaired) electrons. The molecule has 0 bridgehead atoms. The standard InChI is InChI=1S/C47H29N3/c1-2-12-39-37(10-1)38-11-3-4-13-40(38)42-29-35(21-24-41(39)42)34-8-7-9-36(28-34)45-26-23-33-20-19-32-22-25-44(49-46(32)47(33)50-45)31-17-15-30(16-18-31)43-14-5-6-27-48-43/h1-29H. The van der Waals surface area contributed by atoms with Crippen LogP contribution >= 0.6 is 0 Å². The van der Waals surface area contributed by atoms with Gasteiger partial charge in [0, 0.05) is 33.7 Å². The number of hydrogen-bond acceptors (Lipinski definition) is 3. The van der Waals surface area contributed by atoms with Crippen LogP contribution in [0.2, 0.25) is 0 Å². The van der Waals surface area contributed by atoms with Crippen LogP contribution in [0.5, 0.6) is 0 Å². The lowest BCUT2D eigenvalue weighted by Crippen LogP contribution is -1.91. The number of aromatic nitrogens is 3. The van der Waals surface area contributed by atoms with Crippen molar-refractivity contribution in [2.24, 2.45) is 0 Å². The number of benzene rings is 7. The third-order valence-corrected chi connectivity index (χ3v) is 9.90. The summed E-state index contributed by atoms with van der Waals surface area (Å²) in [6.07, 6.45) is 1.82. The second kappa shape index (κ2) is 11.5. The molecular formula is C47H29N3. The minimum atomic E-state index is 0.903. The molecule has 10 rings (SSSR count). The molecule has 0 saturated carbocycles. The van der Waals surface area contributed by atoms with Crippen LogP contribution in [0.1, 0.15) is 0 Å². The summed E-state index contributed by atoms with van der Waals surface area (Å²) in [5.74, 6) is 0. The summed E-state index contributed by atoms with van der Waals surface area (Å²) in [4.78, 5) is 14.9. The number of rotatable bonds is 4. The lowest BCUT2D eigenvalue weighted by Gasteiger charge is -2.13. The molecule has 0 N–H and O–H groups in total. The van der Waals surface area contributed by atoms with Crippen molar-refractivity contribution in [2.45, 2.75) is 0 Å². The average Bonchev–Trinajstić information content (AvgIpc) is 3.21. The minimum Gasteiger partial charge on any atom is -0.256 e. The van der Waals surface area contributed by atoms with E-state index in [1.807, 2.05) is 24.4 Å². The Balaban J connectivity index is 1.06. The van der Waals surface area contributed by atoms with Gasteiger partial charge in [0.1, 0.15) is 0 Å². The van der Waals surface area contributed by atoms with Crippen molar-refractivity contribution >= 4 is 54.1 Å². The van der Waals surface area contributed by atoms with Crippen LogP contribution in [0.3, 0.4) is 0 Å². The number of fused-ring (bicyclic) bond motifs is 9. The van der Waals surface area contributed by atoms with Crippen molar-refractivity contribution < 1.29 is 0 Å². The van der Waals surface area contributed by atoms with Crippen LogP contribution in [0.15, 0.2) is 176 Å². The molecular weight excluding hydrogens is 607 g/mol.